The fourth-order valence-electron chi connectivity index (χ4n) is 8.82. The number of esters is 2. The van der Waals surface area contributed by atoms with Crippen LogP contribution in [0.1, 0.15) is 194 Å². The third-order valence-electron chi connectivity index (χ3n) is 13.1. The average Bonchev–Trinajstić information content (AvgIpc) is 3.29. The molecular weight excluding hydrogens is 891 g/mol. The second-order valence-corrected chi connectivity index (χ2v) is 20.4. The zero-order valence-electron chi connectivity index (χ0n) is 40.5. The first-order valence-corrected chi connectivity index (χ1v) is 27.2. The molecule has 2 aliphatic rings. The van der Waals surface area contributed by atoms with Crippen LogP contribution in [-0.4, -0.2) is 138 Å². The first-order chi connectivity index (χ1) is 32.0. The minimum atomic E-state index is -5.49. The van der Waals surface area contributed by atoms with Gasteiger partial charge in [-0.15, -0.1) is 0 Å². The highest BCUT2D eigenvalue weighted by molar-refractivity contribution is 7.47. The standard InChI is InChI=1S/C49H89O17P/c1-3-5-7-8-9-10-11-12-13-14-15-16-17-18-19-20-22-27-42(54)63-33-37-34-64-67(61,62)66-49-47(59)44(56)38(30-29-35(50)25-21-6-4-2)40(52)32-41(53)39(45(57)46(58)48(49)60)31-36(51)26-23-24-28-43(55)65-37/h29-30,35,37-41,44-50,52-53,56-60H,3-28,31-34H2,1-2H3,(H,61,62)/b30-29+/t35-,37+,38-,39-,40+,41-,44+,45+,46-,47+,48+,49+/m0/s1. The van der Waals surface area contributed by atoms with Crippen molar-refractivity contribution in [1.29, 1.82) is 0 Å². The van der Waals surface area contributed by atoms with Crippen LogP contribution in [0.4, 0.5) is 0 Å². The second-order valence-electron chi connectivity index (χ2n) is 19.0. The Morgan fingerprint density at radius 3 is 1.81 bits per heavy atom. The number of phosphoric acid groups is 1. The summed E-state index contributed by atoms with van der Waals surface area (Å²) in [4.78, 5) is 49.7. The predicted octanol–water partition coefficient (Wildman–Crippen LogP) is 6.18. The van der Waals surface area contributed by atoms with E-state index in [1.807, 2.05) is 6.92 Å². The van der Waals surface area contributed by atoms with E-state index in [4.69, 9.17) is 18.5 Å². The van der Waals surface area contributed by atoms with Crippen molar-refractivity contribution in [2.75, 3.05) is 13.2 Å². The van der Waals surface area contributed by atoms with E-state index >= 15 is 0 Å². The van der Waals surface area contributed by atoms with Gasteiger partial charge in [0.05, 0.1) is 37.1 Å². The molecule has 0 aromatic rings. The van der Waals surface area contributed by atoms with Gasteiger partial charge in [0.15, 0.2) is 6.10 Å². The molecule has 0 aromatic carbocycles. The van der Waals surface area contributed by atoms with Gasteiger partial charge in [-0.1, -0.05) is 148 Å². The Bertz CT molecular complexity index is 1420. The number of aliphatic hydroxyl groups is 8. The lowest BCUT2D eigenvalue weighted by Crippen LogP contribution is -2.56. The Hall–Kier alpha value is -1.86. The highest BCUT2D eigenvalue weighted by atomic mass is 31.2. The number of carbonyl (C=O) groups excluding carboxylic acids is 3. The molecule has 67 heavy (non-hydrogen) atoms. The van der Waals surface area contributed by atoms with E-state index in [9.17, 15) is 64.7 Å². The minimum Gasteiger partial charge on any atom is -0.462 e. The van der Waals surface area contributed by atoms with Gasteiger partial charge in [0.2, 0.25) is 0 Å². The molecule has 1 aliphatic carbocycles. The monoisotopic (exact) mass is 981 g/mol. The number of carbonyl (C=O) groups is 3. The average molecular weight is 981 g/mol. The molecular formula is C49H89O17P. The smallest absolute Gasteiger partial charge is 0.462 e. The van der Waals surface area contributed by atoms with Crippen LogP contribution in [0.3, 0.4) is 0 Å². The first-order valence-electron chi connectivity index (χ1n) is 25.7. The highest BCUT2D eigenvalue weighted by Gasteiger charge is 2.49. The number of aliphatic hydroxyl groups excluding tert-OH is 8. The fraction of sp³-hybridized carbons (Fsp3) is 0.898. The van der Waals surface area contributed by atoms with Crippen LogP contribution >= 0.6 is 7.82 Å². The Kier molecular flexibility index (Phi) is 32.3. The van der Waals surface area contributed by atoms with Gasteiger partial charge in [0.1, 0.15) is 36.8 Å². The highest BCUT2D eigenvalue weighted by Crippen LogP contribution is 2.47. The molecule has 2 fully saturated rings. The Morgan fingerprint density at radius 1 is 0.701 bits per heavy atom. The Balaban J connectivity index is 2.10. The second kappa shape index (κ2) is 35.3. The maximum Gasteiger partial charge on any atom is 0.472 e. The fourth-order valence-corrected chi connectivity index (χ4v) is 9.79. The Morgan fingerprint density at radius 2 is 1.22 bits per heavy atom. The lowest BCUT2D eigenvalue weighted by atomic mass is 9.82. The SMILES string of the molecule is CCCCCCCCCCCCCCCCCCCC(=O)OC[C@@H]1COP(=O)(O)O[C@H]2[C@H](O)[C@@H](O)[C@H](O)[C@@H](CC(=O)CCCCC(=O)O1)[C@@H](O)C[C@@H](O)[C@H](/C=C/[C@@H](O)CCCCC)[C@@H](O)[C@H]2O. The van der Waals surface area contributed by atoms with Crippen LogP contribution < -0.4 is 0 Å². The third kappa shape index (κ3) is 25.7. The normalized spacial score (nSPS) is 31.5. The molecule has 9 N–H and O–H groups in total. The van der Waals surface area contributed by atoms with Crippen LogP contribution in [0, 0.1) is 11.8 Å². The molecule has 392 valence electrons. The molecule has 0 spiro atoms. The van der Waals surface area contributed by atoms with Gasteiger partial charge in [-0.05, 0) is 25.7 Å². The van der Waals surface area contributed by atoms with E-state index in [-0.39, 0.29) is 32.1 Å². The van der Waals surface area contributed by atoms with E-state index in [0.717, 1.165) is 38.5 Å². The van der Waals surface area contributed by atoms with Crippen molar-refractivity contribution >= 4 is 25.5 Å². The van der Waals surface area contributed by atoms with Crippen molar-refractivity contribution < 1.29 is 83.2 Å². The number of fused-ring (bicyclic) bond motifs is 4. The van der Waals surface area contributed by atoms with Crippen LogP contribution in [0.25, 0.3) is 0 Å². The summed E-state index contributed by atoms with van der Waals surface area (Å²) in [7, 11) is -5.49. The van der Waals surface area contributed by atoms with Crippen molar-refractivity contribution in [3.05, 3.63) is 12.2 Å². The van der Waals surface area contributed by atoms with E-state index in [0.29, 0.717) is 19.3 Å². The van der Waals surface area contributed by atoms with Gasteiger partial charge in [0.25, 0.3) is 0 Å². The number of phosphoric ester groups is 1. The molecule has 17 nitrogen and oxygen atoms in total. The molecule has 0 aromatic heterocycles. The number of cyclic esters (lactones) is 1. The number of ketones is 1. The van der Waals surface area contributed by atoms with E-state index in [1.54, 1.807) is 0 Å². The maximum absolute atomic E-state index is 13.5. The summed E-state index contributed by atoms with van der Waals surface area (Å²) < 4.78 is 34.6. The summed E-state index contributed by atoms with van der Waals surface area (Å²) in [6, 6.07) is 0. The third-order valence-corrected chi connectivity index (χ3v) is 14.1. The van der Waals surface area contributed by atoms with Crippen molar-refractivity contribution in [2.45, 2.75) is 255 Å². The van der Waals surface area contributed by atoms with Crippen LogP contribution in [0.15, 0.2) is 12.2 Å². The van der Waals surface area contributed by atoms with E-state index < -0.39 is 124 Å². The quantitative estimate of drug-likeness (QED) is 0.0202. The molecule has 1 unspecified atom stereocenters. The molecule has 1 saturated carbocycles. The summed E-state index contributed by atoms with van der Waals surface area (Å²) in [6.45, 7) is 2.75. The summed E-state index contributed by atoms with van der Waals surface area (Å²) in [6.07, 6.45) is 4.24. The number of Topliss-reactive ketones (excluding diaryl/α,β-unsaturated/α-hetero) is 1. The lowest BCUT2D eigenvalue weighted by Gasteiger charge is -2.37. The van der Waals surface area contributed by atoms with E-state index in [1.165, 1.54) is 89.2 Å². The summed E-state index contributed by atoms with van der Waals surface area (Å²) in [5.41, 5.74) is 0. The zero-order chi connectivity index (χ0) is 49.6. The van der Waals surface area contributed by atoms with Gasteiger partial charge < -0.3 is 55.2 Å². The first kappa shape index (κ1) is 61.3. The minimum absolute atomic E-state index is 0.0876. The predicted molar refractivity (Wildman–Crippen MR) is 251 cm³/mol. The van der Waals surface area contributed by atoms with Gasteiger partial charge in [-0.25, -0.2) is 4.57 Å². The van der Waals surface area contributed by atoms with Crippen molar-refractivity contribution in [3.8, 4) is 0 Å². The zero-order valence-corrected chi connectivity index (χ0v) is 41.4. The largest absolute Gasteiger partial charge is 0.472 e. The molecule has 13 atom stereocenters. The Labute approximate surface area is 399 Å². The maximum atomic E-state index is 13.5. The molecule has 0 radical (unpaired) electrons. The van der Waals surface area contributed by atoms with Crippen molar-refractivity contribution in [3.63, 3.8) is 0 Å². The van der Waals surface area contributed by atoms with Crippen LogP contribution in [0.5, 0.6) is 0 Å². The van der Waals surface area contributed by atoms with Gasteiger partial charge in [0, 0.05) is 43.9 Å². The number of hydrogen-bond donors (Lipinski definition) is 9. The molecule has 1 aliphatic heterocycles. The van der Waals surface area contributed by atoms with Gasteiger partial charge >= 0.3 is 19.8 Å². The van der Waals surface area contributed by atoms with Crippen LogP contribution in [0.2, 0.25) is 0 Å². The molecule has 0 amide bonds. The number of hydrogen-bond acceptors (Lipinski definition) is 16. The number of ether oxygens (including phenoxy) is 2. The van der Waals surface area contributed by atoms with Gasteiger partial charge in [-0.3, -0.25) is 23.4 Å². The topological polar surface area (TPSA) is 287 Å². The molecule has 1 heterocycles. The molecule has 2 bridgehead atoms. The van der Waals surface area contributed by atoms with Crippen LogP contribution in [-0.2, 0) is 37.5 Å². The van der Waals surface area contributed by atoms with Crippen molar-refractivity contribution in [1.82, 2.24) is 0 Å². The van der Waals surface area contributed by atoms with E-state index in [2.05, 4.69) is 6.92 Å². The molecule has 18 heteroatoms. The summed E-state index contributed by atoms with van der Waals surface area (Å²) in [5.74, 6) is -4.98. The number of unbranched alkanes of at least 4 members (excludes halogenated alkanes) is 18. The molecule has 1 saturated heterocycles. The number of rotatable bonds is 26. The lowest BCUT2D eigenvalue weighted by molar-refractivity contribution is -0.168. The van der Waals surface area contributed by atoms with Gasteiger partial charge in [-0.2, -0.15) is 0 Å². The van der Waals surface area contributed by atoms with Crippen molar-refractivity contribution in [2.24, 2.45) is 11.8 Å². The molecule has 2 rings (SSSR count). The summed E-state index contributed by atoms with van der Waals surface area (Å²) in [5, 5.41) is 90.0. The summed E-state index contributed by atoms with van der Waals surface area (Å²) >= 11 is 0.